The molecule has 1 rings (SSSR count). The molecule has 122 valence electrons. The van der Waals surface area contributed by atoms with Crippen molar-refractivity contribution in [3.63, 3.8) is 0 Å². The van der Waals surface area contributed by atoms with Crippen molar-refractivity contribution in [1.82, 2.24) is 0 Å². The molecule has 0 unspecified atom stereocenters. The van der Waals surface area contributed by atoms with Crippen molar-refractivity contribution in [2.75, 3.05) is 5.43 Å². The standard InChI is InChI=1S/C11H6F3IN4O3S/c1-6-2-10(22-23(20,21)11(12,13)14)9(3-8(6)15)19-18-7(4-16)5-17/h2-3,19H,1H3. The number of nitrogens with one attached hydrogen (secondary N) is 1. The van der Waals surface area contributed by atoms with E-state index >= 15 is 0 Å². The monoisotopic (exact) mass is 458 g/mol. The maximum Gasteiger partial charge on any atom is 0.534 e. The second kappa shape index (κ2) is 7.01. The van der Waals surface area contributed by atoms with E-state index in [1.807, 2.05) is 22.6 Å². The molecule has 0 aromatic heterocycles. The maximum atomic E-state index is 12.4. The lowest BCUT2D eigenvalue weighted by Gasteiger charge is -2.14. The Balaban J connectivity index is 3.33. The molecule has 0 aliphatic carbocycles. The van der Waals surface area contributed by atoms with Gasteiger partial charge < -0.3 is 4.18 Å². The van der Waals surface area contributed by atoms with E-state index in [4.69, 9.17) is 10.5 Å². The van der Waals surface area contributed by atoms with Crippen molar-refractivity contribution in [3.05, 3.63) is 21.3 Å². The predicted octanol–water partition coefficient (Wildman–Crippen LogP) is 2.64. The van der Waals surface area contributed by atoms with Crippen LogP contribution in [-0.2, 0) is 10.1 Å². The van der Waals surface area contributed by atoms with Gasteiger partial charge >= 0.3 is 15.6 Å². The van der Waals surface area contributed by atoms with E-state index in [0.29, 0.717) is 9.13 Å². The Hall–Kier alpha value is -2.06. The van der Waals surface area contributed by atoms with Gasteiger partial charge in [0.05, 0.1) is 0 Å². The largest absolute Gasteiger partial charge is 0.534 e. The van der Waals surface area contributed by atoms with Crippen molar-refractivity contribution in [2.24, 2.45) is 5.10 Å². The van der Waals surface area contributed by atoms with Gasteiger partial charge in [-0.05, 0) is 47.2 Å². The lowest BCUT2D eigenvalue weighted by atomic mass is 10.2. The Morgan fingerprint density at radius 2 is 1.91 bits per heavy atom. The second-order valence-corrected chi connectivity index (χ2v) is 6.58. The van der Waals surface area contributed by atoms with Gasteiger partial charge in [0, 0.05) is 3.57 Å². The van der Waals surface area contributed by atoms with Crippen LogP contribution >= 0.6 is 22.6 Å². The molecule has 1 N–H and O–H groups in total. The lowest BCUT2D eigenvalue weighted by molar-refractivity contribution is -0.0499. The highest BCUT2D eigenvalue weighted by molar-refractivity contribution is 14.1. The summed E-state index contributed by atoms with van der Waals surface area (Å²) in [6, 6.07) is 5.16. The maximum absolute atomic E-state index is 12.4. The number of anilines is 1. The topological polar surface area (TPSA) is 115 Å². The van der Waals surface area contributed by atoms with Gasteiger partial charge in [0.2, 0.25) is 5.71 Å². The highest BCUT2D eigenvalue weighted by Gasteiger charge is 2.48. The minimum absolute atomic E-state index is 0.254. The SMILES string of the molecule is Cc1cc(OS(=O)(=O)C(F)(F)F)c(NN=C(C#N)C#N)cc1I. The first-order valence-electron chi connectivity index (χ1n) is 5.46. The Kier molecular flexibility index (Phi) is 5.79. The van der Waals surface area contributed by atoms with Crippen LogP contribution in [-0.4, -0.2) is 19.6 Å². The molecule has 0 aliphatic heterocycles. The fourth-order valence-electron chi connectivity index (χ4n) is 1.17. The van der Waals surface area contributed by atoms with Crippen molar-refractivity contribution in [2.45, 2.75) is 12.4 Å². The first-order valence-corrected chi connectivity index (χ1v) is 7.95. The Bertz CT molecular complexity index is 822. The predicted molar refractivity (Wildman–Crippen MR) is 81.8 cm³/mol. The van der Waals surface area contributed by atoms with Crippen LogP contribution in [0.15, 0.2) is 17.2 Å². The Labute approximate surface area is 142 Å². The summed E-state index contributed by atoms with van der Waals surface area (Å²) in [7, 11) is -5.87. The van der Waals surface area contributed by atoms with Crippen molar-refractivity contribution in [3.8, 4) is 17.9 Å². The van der Waals surface area contributed by atoms with Crippen LogP contribution in [0, 0.1) is 33.2 Å². The van der Waals surface area contributed by atoms with E-state index < -0.39 is 27.1 Å². The van der Waals surface area contributed by atoms with Crippen LogP contribution in [0.2, 0.25) is 0 Å². The van der Waals surface area contributed by atoms with Gasteiger partial charge in [-0.15, -0.1) is 0 Å². The number of alkyl halides is 3. The molecule has 12 heteroatoms. The molecule has 0 spiro atoms. The average molecular weight is 458 g/mol. The fourth-order valence-corrected chi connectivity index (χ4v) is 2.10. The molecule has 0 fully saturated rings. The zero-order chi connectivity index (χ0) is 17.8. The number of nitrogens with zero attached hydrogens (tertiary/aromatic N) is 3. The fraction of sp³-hybridized carbons (Fsp3) is 0.182. The van der Waals surface area contributed by atoms with E-state index in [-0.39, 0.29) is 5.69 Å². The summed E-state index contributed by atoms with van der Waals surface area (Å²) in [5, 5.41) is 20.4. The molecular weight excluding hydrogens is 452 g/mol. The highest BCUT2D eigenvalue weighted by Crippen LogP contribution is 2.34. The van der Waals surface area contributed by atoms with E-state index in [2.05, 4.69) is 14.7 Å². The first kappa shape index (κ1) is 19.0. The third-order valence-electron chi connectivity index (χ3n) is 2.24. The summed E-state index contributed by atoms with van der Waals surface area (Å²) in [6.07, 6.45) is 0. The molecule has 0 heterocycles. The minimum Gasteiger partial charge on any atom is -0.374 e. The third-order valence-corrected chi connectivity index (χ3v) is 4.37. The van der Waals surface area contributed by atoms with Gasteiger partial charge in [0.1, 0.15) is 17.8 Å². The summed E-state index contributed by atoms with van der Waals surface area (Å²) in [5.41, 5.74) is -3.87. The van der Waals surface area contributed by atoms with Gasteiger partial charge in [-0.25, -0.2) is 0 Å². The molecule has 0 atom stereocenters. The summed E-state index contributed by atoms with van der Waals surface area (Å²) in [6.45, 7) is 1.53. The average Bonchev–Trinajstić information content (AvgIpc) is 2.43. The molecular formula is C11H6F3IN4O3S. The smallest absolute Gasteiger partial charge is 0.374 e. The van der Waals surface area contributed by atoms with E-state index in [0.717, 1.165) is 6.07 Å². The molecule has 1 aromatic carbocycles. The minimum atomic E-state index is -5.87. The van der Waals surface area contributed by atoms with E-state index in [9.17, 15) is 21.6 Å². The van der Waals surface area contributed by atoms with Gasteiger partial charge in [-0.3, -0.25) is 5.43 Å². The number of rotatable bonds is 4. The summed E-state index contributed by atoms with van der Waals surface area (Å²) < 4.78 is 64.1. The number of hydrazone groups is 1. The van der Waals surface area contributed by atoms with Crippen molar-refractivity contribution >= 4 is 44.1 Å². The van der Waals surface area contributed by atoms with Gasteiger partial charge in [0.15, 0.2) is 5.75 Å². The third kappa shape index (κ3) is 4.70. The Morgan fingerprint density at radius 1 is 1.35 bits per heavy atom. The number of hydrogen-bond donors (Lipinski definition) is 1. The molecule has 1 aromatic rings. The molecule has 0 aliphatic rings. The quantitative estimate of drug-likeness (QED) is 0.244. The number of aryl methyl sites for hydroxylation is 1. The van der Waals surface area contributed by atoms with Crippen LogP contribution in [0.1, 0.15) is 5.56 Å². The molecule has 0 saturated heterocycles. The molecule has 0 saturated carbocycles. The van der Waals surface area contributed by atoms with Crippen LogP contribution in [0.5, 0.6) is 5.75 Å². The zero-order valence-electron chi connectivity index (χ0n) is 11.1. The first-order chi connectivity index (χ1) is 10.5. The number of hydrogen-bond acceptors (Lipinski definition) is 7. The van der Waals surface area contributed by atoms with Crippen LogP contribution in [0.3, 0.4) is 0 Å². The molecule has 0 bridgehead atoms. The Morgan fingerprint density at radius 3 is 2.39 bits per heavy atom. The van der Waals surface area contributed by atoms with Gasteiger partial charge in [-0.2, -0.15) is 37.2 Å². The van der Waals surface area contributed by atoms with Crippen molar-refractivity contribution < 1.29 is 25.8 Å². The highest BCUT2D eigenvalue weighted by atomic mass is 127. The molecule has 0 amide bonds. The summed E-state index contributed by atoms with van der Waals surface area (Å²) in [4.78, 5) is 0. The van der Waals surface area contributed by atoms with Gasteiger partial charge in [-0.1, -0.05) is 0 Å². The second-order valence-electron chi connectivity index (χ2n) is 3.88. The number of nitriles is 2. The summed E-state index contributed by atoms with van der Waals surface area (Å²) in [5.74, 6) is -0.667. The van der Waals surface area contributed by atoms with E-state index in [1.54, 1.807) is 0 Å². The summed E-state index contributed by atoms with van der Waals surface area (Å²) >= 11 is 1.85. The number of halogens is 4. The normalized spacial score (nSPS) is 11.1. The van der Waals surface area contributed by atoms with Crippen LogP contribution < -0.4 is 9.61 Å². The van der Waals surface area contributed by atoms with Crippen molar-refractivity contribution in [1.29, 1.82) is 10.5 Å². The zero-order valence-corrected chi connectivity index (χ0v) is 14.1. The molecule has 23 heavy (non-hydrogen) atoms. The van der Waals surface area contributed by atoms with Crippen LogP contribution in [0.25, 0.3) is 0 Å². The lowest BCUT2D eigenvalue weighted by Crippen LogP contribution is -2.28. The molecule has 0 radical (unpaired) electrons. The van der Waals surface area contributed by atoms with Crippen LogP contribution in [0.4, 0.5) is 18.9 Å². The number of benzene rings is 1. The van der Waals surface area contributed by atoms with E-state index in [1.165, 1.54) is 25.1 Å². The molecule has 7 nitrogen and oxygen atoms in total. The van der Waals surface area contributed by atoms with Gasteiger partial charge in [0.25, 0.3) is 0 Å².